The molecule has 100 valence electrons. The molecule has 0 amide bonds. The molecule has 0 unspecified atom stereocenters. The summed E-state index contributed by atoms with van der Waals surface area (Å²) in [5, 5.41) is 8.85. The van der Waals surface area contributed by atoms with Crippen LogP contribution in [0.5, 0.6) is 0 Å². The van der Waals surface area contributed by atoms with E-state index < -0.39 is 5.97 Å². The summed E-state index contributed by atoms with van der Waals surface area (Å²) in [6, 6.07) is 13.0. The van der Waals surface area contributed by atoms with Gasteiger partial charge in [-0.15, -0.1) is 0 Å². The molecule has 1 aliphatic carbocycles. The van der Waals surface area contributed by atoms with Crippen molar-refractivity contribution in [2.45, 2.75) is 19.3 Å². The van der Waals surface area contributed by atoms with Gasteiger partial charge in [-0.1, -0.05) is 42.5 Å². The normalized spacial score (nSPS) is 13.3. The van der Waals surface area contributed by atoms with Crippen molar-refractivity contribution in [1.82, 2.24) is 0 Å². The predicted octanol–water partition coefficient (Wildman–Crippen LogP) is 2.64. The smallest absolute Gasteiger partial charge is 0.307 e. The van der Waals surface area contributed by atoms with Crippen LogP contribution in [0.2, 0.25) is 0 Å². The minimum absolute atomic E-state index is 0.00554. The fraction of sp³-hybridized carbons (Fsp3) is 0.176. The van der Waals surface area contributed by atoms with E-state index in [1.54, 1.807) is 12.1 Å². The average molecular weight is 266 g/mol. The van der Waals surface area contributed by atoms with Gasteiger partial charge in [0.15, 0.2) is 5.78 Å². The molecule has 3 nitrogen and oxygen atoms in total. The number of hydrogen-bond acceptors (Lipinski definition) is 2. The lowest BCUT2D eigenvalue weighted by Gasteiger charge is -2.07. The highest BCUT2D eigenvalue weighted by molar-refractivity contribution is 6.11. The number of aryl methyl sites for hydroxylation is 2. The largest absolute Gasteiger partial charge is 0.481 e. The first kappa shape index (κ1) is 12.6. The zero-order valence-electron chi connectivity index (χ0n) is 10.9. The summed E-state index contributed by atoms with van der Waals surface area (Å²) >= 11 is 0. The second kappa shape index (κ2) is 4.93. The first-order valence-corrected chi connectivity index (χ1v) is 6.61. The molecular weight excluding hydrogens is 252 g/mol. The van der Waals surface area contributed by atoms with Gasteiger partial charge in [0.25, 0.3) is 0 Å². The molecule has 0 spiro atoms. The summed E-state index contributed by atoms with van der Waals surface area (Å²) < 4.78 is 0. The Hall–Kier alpha value is -2.42. The molecule has 20 heavy (non-hydrogen) atoms. The molecule has 3 rings (SSSR count). The average Bonchev–Trinajstić information content (AvgIpc) is 2.57. The second-order valence-corrected chi connectivity index (χ2v) is 5.05. The number of ketones is 1. The molecular formula is C17H14O3. The first-order chi connectivity index (χ1) is 9.65. The van der Waals surface area contributed by atoms with Gasteiger partial charge in [-0.3, -0.25) is 9.59 Å². The monoisotopic (exact) mass is 266 g/mol. The molecule has 2 aromatic rings. The van der Waals surface area contributed by atoms with Gasteiger partial charge in [0.1, 0.15) is 0 Å². The van der Waals surface area contributed by atoms with E-state index in [-0.39, 0.29) is 12.2 Å². The number of hydrogen-bond donors (Lipinski definition) is 1. The van der Waals surface area contributed by atoms with Gasteiger partial charge in [-0.05, 0) is 29.5 Å². The Balaban J connectivity index is 2.05. The summed E-state index contributed by atoms with van der Waals surface area (Å²) in [7, 11) is 0. The fourth-order valence-corrected chi connectivity index (χ4v) is 2.73. The van der Waals surface area contributed by atoms with Crippen LogP contribution >= 0.6 is 0 Å². The molecule has 0 heterocycles. The predicted molar refractivity (Wildman–Crippen MR) is 75.1 cm³/mol. The van der Waals surface area contributed by atoms with Gasteiger partial charge in [-0.2, -0.15) is 0 Å². The van der Waals surface area contributed by atoms with Gasteiger partial charge in [0.2, 0.25) is 0 Å². The lowest BCUT2D eigenvalue weighted by molar-refractivity contribution is -0.136. The van der Waals surface area contributed by atoms with E-state index in [0.717, 1.165) is 35.1 Å². The van der Waals surface area contributed by atoms with Crippen LogP contribution < -0.4 is 0 Å². The summed E-state index contributed by atoms with van der Waals surface area (Å²) in [4.78, 5) is 23.3. The van der Waals surface area contributed by atoms with Gasteiger partial charge < -0.3 is 5.11 Å². The number of carboxylic acids is 1. The van der Waals surface area contributed by atoms with Crippen molar-refractivity contribution < 1.29 is 14.7 Å². The van der Waals surface area contributed by atoms with Crippen LogP contribution in [-0.4, -0.2) is 16.9 Å². The molecule has 3 heteroatoms. The zero-order chi connectivity index (χ0) is 14.1. The topological polar surface area (TPSA) is 54.4 Å². The molecule has 0 atom stereocenters. The minimum atomic E-state index is -0.854. The quantitative estimate of drug-likeness (QED) is 0.909. The molecule has 0 saturated carbocycles. The Kier molecular flexibility index (Phi) is 3.11. The van der Waals surface area contributed by atoms with E-state index >= 15 is 0 Å². The van der Waals surface area contributed by atoms with Gasteiger partial charge in [0.05, 0.1) is 6.42 Å². The van der Waals surface area contributed by atoms with E-state index in [2.05, 4.69) is 0 Å². The standard InChI is InChI=1S/C17H14O3/c18-16(19)10-11-5-8-15-13(9-11)7-6-12-3-1-2-4-14(12)17(15)20/h1-5,8-9H,6-7,10H2,(H,18,19). The van der Waals surface area contributed by atoms with Gasteiger partial charge >= 0.3 is 5.97 Å². The molecule has 0 radical (unpaired) electrons. The van der Waals surface area contributed by atoms with Crippen LogP contribution in [0, 0.1) is 0 Å². The SMILES string of the molecule is O=C(O)Cc1ccc2c(c1)CCc1ccccc1C2=O. The van der Waals surface area contributed by atoms with Gasteiger partial charge in [0, 0.05) is 11.1 Å². The third-order valence-corrected chi connectivity index (χ3v) is 3.70. The lowest BCUT2D eigenvalue weighted by atomic mass is 9.96. The third kappa shape index (κ3) is 2.23. The lowest BCUT2D eigenvalue weighted by Crippen LogP contribution is -2.06. The highest BCUT2D eigenvalue weighted by Crippen LogP contribution is 2.25. The number of carbonyl (C=O) groups is 2. The molecule has 0 aromatic heterocycles. The molecule has 1 N–H and O–H groups in total. The zero-order valence-corrected chi connectivity index (χ0v) is 10.9. The Bertz CT molecular complexity index is 701. The van der Waals surface area contributed by atoms with Crippen LogP contribution in [0.25, 0.3) is 0 Å². The van der Waals surface area contributed by atoms with Crippen molar-refractivity contribution in [2.24, 2.45) is 0 Å². The van der Waals surface area contributed by atoms with Gasteiger partial charge in [-0.25, -0.2) is 0 Å². The fourth-order valence-electron chi connectivity index (χ4n) is 2.73. The van der Waals surface area contributed by atoms with Crippen LogP contribution in [-0.2, 0) is 24.1 Å². The van der Waals surface area contributed by atoms with Crippen LogP contribution in [0.15, 0.2) is 42.5 Å². The molecule has 2 aromatic carbocycles. The molecule has 0 fully saturated rings. The van der Waals surface area contributed by atoms with E-state index in [1.165, 1.54) is 0 Å². The number of carboxylic acid groups (broad SMARTS) is 1. The van der Waals surface area contributed by atoms with E-state index in [9.17, 15) is 9.59 Å². The highest BCUT2D eigenvalue weighted by atomic mass is 16.4. The van der Waals surface area contributed by atoms with E-state index in [0.29, 0.717) is 5.56 Å². The minimum Gasteiger partial charge on any atom is -0.481 e. The number of rotatable bonds is 2. The molecule has 0 aliphatic heterocycles. The van der Waals surface area contributed by atoms with Crippen molar-refractivity contribution in [3.8, 4) is 0 Å². The van der Waals surface area contributed by atoms with E-state index in [4.69, 9.17) is 5.11 Å². The molecule has 1 aliphatic rings. The Morgan fingerprint density at radius 3 is 2.50 bits per heavy atom. The van der Waals surface area contributed by atoms with Crippen molar-refractivity contribution in [2.75, 3.05) is 0 Å². The van der Waals surface area contributed by atoms with Crippen LogP contribution in [0.3, 0.4) is 0 Å². The Labute approximate surface area is 116 Å². The molecule has 0 saturated heterocycles. The Morgan fingerprint density at radius 1 is 1.00 bits per heavy atom. The number of benzene rings is 2. The van der Waals surface area contributed by atoms with Crippen LogP contribution in [0.1, 0.15) is 32.6 Å². The maximum atomic E-state index is 12.5. The number of fused-ring (bicyclic) bond motifs is 2. The maximum absolute atomic E-state index is 12.5. The van der Waals surface area contributed by atoms with Crippen molar-refractivity contribution in [1.29, 1.82) is 0 Å². The van der Waals surface area contributed by atoms with Crippen molar-refractivity contribution >= 4 is 11.8 Å². The first-order valence-electron chi connectivity index (χ1n) is 6.61. The number of carbonyl (C=O) groups excluding carboxylic acids is 1. The molecule has 0 bridgehead atoms. The summed E-state index contributed by atoms with van der Waals surface area (Å²) in [6.07, 6.45) is 1.57. The van der Waals surface area contributed by atoms with Crippen molar-refractivity contribution in [3.05, 3.63) is 70.3 Å². The Morgan fingerprint density at radius 2 is 1.70 bits per heavy atom. The van der Waals surface area contributed by atoms with E-state index in [1.807, 2.05) is 30.3 Å². The second-order valence-electron chi connectivity index (χ2n) is 5.05. The third-order valence-electron chi connectivity index (χ3n) is 3.70. The highest BCUT2D eigenvalue weighted by Gasteiger charge is 2.20. The summed E-state index contributed by atoms with van der Waals surface area (Å²) in [6.45, 7) is 0. The summed E-state index contributed by atoms with van der Waals surface area (Å²) in [5.41, 5.74) is 4.22. The summed E-state index contributed by atoms with van der Waals surface area (Å²) in [5.74, 6) is -0.817. The van der Waals surface area contributed by atoms with Crippen LogP contribution in [0.4, 0.5) is 0 Å². The maximum Gasteiger partial charge on any atom is 0.307 e. The van der Waals surface area contributed by atoms with Crippen molar-refractivity contribution in [3.63, 3.8) is 0 Å². The number of aliphatic carboxylic acids is 1.